The standard InChI is InChI=1S/C13H24N4/c1-11(2)16-9-13(10-16)17-12(6-8-15-17)5-4-7-14-3/h6,8,11,13-14H,4-5,7,9-10H2,1-3H3. The van der Waals surface area contributed by atoms with Gasteiger partial charge in [-0.1, -0.05) is 0 Å². The summed E-state index contributed by atoms with van der Waals surface area (Å²) in [5.41, 5.74) is 1.38. The Kier molecular flexibility index (Phi) is 4.18. The Bertz CT molecular complexity index is 339. The smallest absolute Gasteiger partial charge is 0.0776 e. The molecule has 0 spiro atoms. The predicted molar refractivity (Wildman–Crippen MR) is 70.2 cm³/mol. The van der Waals surface area contributed by atoms with E-state index in [9.17, 15) is 0 Å². The second-order valence-electron chi connectivity index (χ2n) is 5.18. The van der Waals surface area contributed by atoms with E-state index in [1.807, 2.05) is 13.2 Å². The van der Waals surface area contributed by atoms with Crippen LogP contribution in [0.3, 0.4) is 0 Å². The zero-order valence-electron chi connectivity index (χ0n) is 11.2. The molecule has 0 amide bonds. The SMILES string of the molecule is CNCCCc1ccnn1C1CN(C(C)C)C1. The average molecular weight is 236 g/mol. The normalized spacial score (nSPS) is 17.6. The maximum atomic E-state index is 4.48. The van der Waals surface area contributed by atoms with E-state index >= 15 is 0 Å². The molecule has 1 saturated heterocycles. The highest BCUT2D eigenvalue weighted by atomic mass is 15.4. The van der Waals surface area contributed by atoms with Gasteiger partial charge < -0.3 is 5.32 Å². The Morgan fingerprint density at radius 2 is 2.24 bits per heavy atom. The third-order valence-corrected chi connectivity index (χ3v) is 3.58. The molecular weight excluding hydrogens is 212 g/mol. The van der Waals surface area contributed by atoms with Crippen LogP contribution in [0.2, 0.25) is 0 Å². The van der Waals surface area contributed by atoms with Crippen molar-refractivity contribution in [2.75, 3.05) is 26.7 Å². The maximum Gasteiger partial charge on any atom is 0.0776 e. The van der Waals surface area contributed by atoms with Crippen LogP contribution >= 0.6 is 0 Å². The Morgan fingerprint density at radius 3 is 2.88 bits per heavy atom. The van der Waals surface area contributed by atoms with Gasteiger partial charge in [-0.05, 0) is 46.3 Å². The van der Waals surface area contributed by atoms with E-state index in [0.29, 0.717) is 12.1 Å². The lowest BCUT2D eigenvalue weighted by atomic mass is 10.1. The fourth-order valence-electron chi connectivity index (χ4n) is 2.38. The number of hydrogen-bond acceptors (Lipinski definition) is 3. The van der Waals surface area contributed by atoms with Gasteiger partial charge in [0, 0.05) is 31.0 Å². The Morgan fingerprint density at radius 1 is 1.47 bits per heavy atom. The summed E-state index contributed by atoms with van der Waals surface area (Å²) in [6.07, 6.45) is 4.24. The molecule has 1 fully saturated rings. The van der Waals surface area contributed by atoms with Gasteiger partial charge in [-0.15, -0.1) is 0 Å². The monoisotopic (exact) mass is 236 g/mol. The molecule has 0 atom stereocenters. The molecule has 0 aromatic carbocycles. The number of rotatable bonds is 6. The minimum absolute atomic E-state index is 0.594. The number of likely N-dealkylation sites (tertiary alicyclic amines) is 1. The lowest BCUT2D eigenvalue weighted by Gasteiger charge is -2.42. The fourth-order valence-corrected chi connectivity index (χ4v) is 2.38. The minimum Gasteiger partial charge on any atom is -0.320 e. The molecule has 0 radical (unpaired) electrons. The van der Waals surface area contributed by atoms with Crippen LogP contribution in [0, 0.1) is 0 Å². The molecule has 1 aromatic heterocycles. The lowest BCUT2D eigenvalue weighted by Crippen LogP contribution is -2.51. The third-order valence-electron chi connectivity index (χ3n) is 3.58. The van der Waals surface area contributed by atoms with Crippen molar-refractivity contribution in [1.82, 2.24) is 20.0 Å². The molecular formula is C13H24N4. The molecule has 1 aliphatic heterocycles. The Labute approximate surface area is 104 Å². The molecule has 2 rings (SSSR count). The van der Waals surface area contributed by atoms with Crippen LogP contribution < -0.4 is 5.32 Å². The van der Waals surface area contributed by atoms with E-state index < -0.39 is 0 Å². The van der Waals surface area contributed by atoms with Crippen molar-refractivity contribution < 1.29 is 0 Å². The van der Waals surface area contributed by atoms with Crippen molar-refractivity contribution in [1.29, 1.82) is 0 Å². The fraction of sp³-hybridized carbons (Fsp3) is 0.769. The first-order chi connectivity index (χ1) is 8.22. The van der Waals surface area contributed by atoms with Crippen LogP contribution in [0.5, 0.6) is 0 Å². The van der Waals surface area contributed by atoms with Crippen molar-refractivity contribution >= 4 is 0 Å². The first kappa shape index (κ1) is 12.6. The van der Waals surface area contributed by atoms with E-state index in [1.54, 1.807) is 0 Å². The van der Waals surface area contributed by atoms with Gasteiger partial charge >= 0.3 is 0 Å². The highest BCUT2D eigenvalue weighted by Gasteiger charge is 2.31. The van der Waals surface area contributed by atoms with Crippen molar-refractivity contribution in [3.63, 3.8) is 0 Å². The van der Waals surface area contributed by atoms with Gasteiger partial charge in [0.2, 0.25) is 0 Å². The summed E-state index contributed by atoms with van der Waals surface area (Å²) in [5, 5.41) is 7.67. The second kappa shape index (κ2) is 5.65. The molecule has 4 nitrogen and oxygen atoms in total. The molecule has 1 aliphatic rings. The predicted octanol–water partition coefficient (Wildman–Crippen LogP) is 1.30. The zero-order valence-corrected chi connectivity index (χ0v) is 11.2. The first-order valence-corrected chi connectivity index (χ1v) is 6.63. The molecule has 0 aliphatic carbocycles. The summed E-state index contributed by atoms with van der Waals surface area (Å²) in [4.78, 5) is 2.49. The summed E-state index contributed by atoms with van der Waals surface area (Å²) >= 11 is 0. The Balaban J connectivity index is 1.87. The van der Waals surface area contributed by atoms with E-state index in [4.69, 9.17) is 0 Å². The highest BCUT2D eigenvalue weighted by Crippen LogP contribution is 2.24. The quantitative estimate of drug-likeness (QED) is 0.756. The molecule has 0 bridgehead atoms. The van der Waals surface area contributed by atoms with Gasteiger partial charge in [0.05, 0.1) is 6.04 Å². The van der Waals surface area contributed by atoms with E-state index in [-0.39, 0.29) is 0 Å². The zero-order chi connectivity index (χ0) is 12.3. The van der Waals surface area contributed by atoms with Crippen LogP contribution in [0.25, 0.3) is 0 Å². The van der Waals surface area contributed by atoms with Crippen LogP contribution in [-0.2, 0) is 6.42 Å². The highest BCUT2D eigenvalue weighted by molar-refractivity contribution is 5.04. The first-order valence-electron chi connectivity index (χ1n) is 6.63. The molecule has 1 N–H and O–H groups in total. The topological polar surface area (TPSA) is 33.1 Å². The molecule has 17 heavy (non-hydrogen) atoms. The third kappa shape index (κ3) is 2.87. The van der Waals surface area contributed by atoms with Gasteiger partial charge in [-0.25, -0.2) is 0 Å². The molecule has 4 heteroatoms. The van der Waals surface area contributed by atoms with Gasteiger partial charge in [0.15, 0.2) is 0 Å². The van der Waals surface area contributed by atoms with Crippen LogP contribution in [-0.4, -0.2) is 47.4 Å². The summed E-state index contributed by atoms with van der Waals surface area (Å²) in [7, 11) is 2.00. The van der Waals surface area contributed by atoms with Gasteiger partial charge in [-0.3, -0.25) is 9.58 Å². The van der Waals surface area contributed by atoms with Crippen LogP contribution in [0.4, 0.5) is 0 Å². The van der Waals surface area contributed by atoms with E-state index in [1.165, 1.54) is 12.1 Å². The summed E-state index contributed by atoms with van der Waals surface area (Å²) < 4.78 is 2.23. The van der Waals surface area contributed by atoms with Crippen molar-refractivity contribution in [2.45, 2.75) is 38.8 Å². The maximum absolute atomic E-state index is 4.48. The largest absolute Gasteiger partial charge is 0.320 e. The molecule has 1 aromatic rings. The molecule has 2 heterocycles. The molecule has 96 valence electrons. The number of hydrogen-bond donors (Lipinski definition) is 1. The average Bonchev–Trinajstić information content (AvgIpc) is 2.64. The van der Waals surface area contributed by atoms with Crippen LogP contribution in [0.15, 0.2) is 12.3 Å². The van der Waals surface area contributed by atoms with Crippen molar-refractivity contribution in [3.8, 4) is 0 Å². The molecule has 0 unspecified atom stereocenters. The molecule has 0 saturated carbocycles. The number of nitrogens with one attached hydrogen (secondary N) is 1. The van der Waals surface area contributed by atoms with Crippen LogP contribution in [0.1, 0.15) is 32.0 Å². The Hall–Kier alpha value is -0.870. The van der Waals surface area contributed by atoms with Gasteiger partial charge in [0.25, 0.3) is 0 Å². The number of aryl methyl sites for hydroxylation is 1. The van der Waals surface area contributed by atoms with E-state index in [0.717, 1.165) is 26.1 Å². The van der Waals surface area contributed by atoms with Gasteiger partial charge in [-0.2, -0.15) is 5.10 Å². The van der Waals surface area contributed by atoms with Gasteiger partial charge in [0.1, 0.15) is 0 Å². The number of aromatic nitrogens is 2. The van der Waals surface area contributed by atoms with Crippen molar-refractivity contribution in [3.05, 3.63) is 18.0 Å². The van der Waals surface area contributed by atoms with Crippen molar-refractivity contribution in [2.24, 2.45) is 0 Å². The lowest BCUT2D eigenvalue weighted by molar-refractivity contribution is 0.0658. The summed E-state index contributed by atoms with van der Waals surface area (Å²) in [5.74, 6) is 0. The van der Waals surface area contributed by atoms with E-state index in [2.05, 4.69) is 39.9 Å². The minimum atomic E-state index is 0.594. The second-order valence-corrected chi connectivity index (χ2v) is 5.18. The summed E-state index contributed by atoms with van der Waals surface area (Å²) in [6, 6.07) is 3.42. The summed E-state index contributed by atoms with van der Waals surface area (Å²) in [6.45, 7) is 7.89. The number of nitrogens with zero attached hydrogens (tertiary/aromatic N) is 3.